The molecule has 0 unspecified atom stereocenters. The van der Waals surface area contributed by atoms with Gasteiger partial charge < -0.3 is 0 Å². The van der Waals surface area contributed by atoms with E-state index in [9.17, 15) is 21.6 Å². The maximum atomic E-state index is 14.8. The number of Topliss-reactive ketones (excluding diaryl/α,β-unsaturated/α-hetero) is 1. The Morgan fingerprint density at radius 3 is 1.77 bits per heavy atom. The monoisotopic (exact) mass is 678 g/mol. The summed E-state index contributed by atoms with van der Waals surface area (Å²) in [5.41, 5.74) is 4.40. The minimum Gasteiger partial charge on any atom is -0.299 e. The second-order valence-corrected chi connectivity index (χ2v) is 16.9. The maximum Gasteiger partial charge on any atom is 0.243 e. The smallest absolute Gasteiger partial charge is 0.243 e. The van der Waals surface area contributed by atoms with E-state index in [-0.39, 0.29) is 35.0 Å². The Morgan fingerprint density at radius 1 is 0.604 bits per heavy atom. The van der Waals surface area contributed by atoms with E-state index in [1.807, 2.05) is 87.5 Å². The first kappa shape index (κ1) is 32.4. The van der Waals surface area contributed by atoms with Crippen LogP contribution in [0, 0.1) is 26.7 Å². The van der Waals surface area contributed by atoms with Gasteiger partial charge in [0.2, 0.25) is 20.0 Å². The quantitative estimate of drug-likeness (QED) is 0.188. The molecule has 2 heterocycles. The lowest BCUT2D eigenvalue weighted by atomic mass is 9.77. The summed E-state index contributed by atoms with van der Waals surface area (Å²) in [5, 5.41) is 1.84. The van der Waals surface area contributed by atoms with Crippen LogP contribution >= 0.6 is 0 Å². The molecule has 9 heteroatoms. The molecule has 0 bridgehead atoms. The molecule has 0 N–H and O–H groups in total. The number of sulfonamides is 2. The van der Waals surface area contributed by atoms with Crippen molar-refractivity contribution in [3.8, 4) is 0 Å². The molecule has 5 aromatic carbocycles. The van der Waals surface area contributed by atoms with Gasteiger partial charge >= 0.3 is 0 Å². The molecular formula is C39H38N2O5S2. The van der Waals surface area contributed by atoms with Crippen LogP contribution in [0.1, 0.15) is 52.7 Å². The van der Waals surface area contributed by atoms with Crippen molar-refractivity contribution in [3.63, 3.8) is 0 Å². The highest BCUT2D eigenvalue weighted by atomic mass is 32.2. The Balaban J connectivity index is 1.42. The molecule has 2 fully saturated rings. The van der Waals surface area contributed by atoms with Gasteiger partial charge in [-0.2, -0.15) is 8.61 Å². The third-order valence-corrected chi connectivity index (χ3v) is 13.8. The van der Waals surface area contributed by atoms with Crippen molar-refractivity contribution in [1.29, 1.82) is 0 Å². The van der Waals surface area contributed by atoms with Crippen LogP contribution < -0.4 is 0 Å². The molecule has 0 aromatic heterocycles. The first-order valence-electron chi connectivity index (χ1n) is 16.2. The lowest BCUT2D eigenvalue weighted by Crippen LogP contribution is -2.60. The SMILES string of the molecule is Cc1ccc([C@@H]2CC(=O)[C@@H]3CN(S(=O)(=O)c4ccc(C)cc4)[C@H](c4cccc5ccccc45)C[C@@H]3N2S(=O)(=O)c2ccc(C)cc2)cc1. The molecule has 5 aromatic rings. The van der Waals surface area contributed by atoms with Crippen LogP contribution in [-0.2, 0) is 24.8 Å². The number of aryl methyl sites for hydroxylation is 3. The molecule has 4 atom stereocenters. The van der Waals surface area contributed by atoms with Gasteiger partial charge in [-0.1, -0.05) is 108 Å². The van der Waals surface area contributed by atoms with E-state index in [4.69, 9.17) is 0 Å². The molecule has 2 saturated heterocycles. The number of piperidine rings is 2. The first-order valence-corrected chi connectivity index (χ1v) is 19.1. The summed E-state index contributed by atoms with van der Waals surface area (Å²) in [7, 11) is -8.21. The lowest BCUT2D eigenvalue weighted by Gasteiger charge is -2.51. The van der Waals surface area contributed by atoms with E-state index in [1.165, 1.54) is 8.61 Å². The van der Waals surface area contributed by atoms with E-state index in [1.54, 1.807) is 48.5 Å². The molecule has 7 nitrogen and oxygen atoms in total. The molecule has 0 radical (unpaired) electrons. The molecule has 246 valence electrons. The number of hydrogen-bond acceptors (Lipinski definition) is 5. The molecule has 48 heavy (non-hydrogen) atoms. The molecule has 7 rings (SSSR count). The number of nitrogens with zero attached hydrogens (tertiary/aromatic N) is 2. The minimum absolute atomic E-state index is 0.0489. The number of ketones is 1. The van der Waals surface area contributed by atoms with Crippen molar-refractivity contribution in [2.75, 3.05) is 6.54 Å². The zero-order valence-electron chi connectivity index (χ0n) is 27.2. The summed E-state index contributed by atoms with van der Waals surface area (Å²) < 4.78 is 61.6. The number of carbonyl (C=O) groups is 1. The van der Waals surface area contributed by atoms with Crippen LogP contribution in [0.25, 0.3) is 10.8 Å². The molecular weight excluding hydrogens is 641 g/mol. The molecule has 0 saturated carbocycles. The van der Waals surface area contributed by atoms with Gasteiger partial charge in [-0.05, 0) is 73.4 Å². The number of rotatable bonds is 6. The van der Waals surface area contributed by atoms with Crippen LogP contribution in [0.3, 0.4) is 0 Å². The largest absolute Gasteiger partial charge is 0.299 e. The lowest BCUT2D eigenvalue weighted by molar-refractivity contribution is -0.132. The fourth-order valence-electron chi connectivity index (χ4n) is 7.38. The van der Waals surface area contributed by atoms with Crippen LogP contribution in [0.2, 0.25) is 0 Å². The van der Waals surface area contributed by atoms with Crippen LogP contribution in [0.5, 0.6) is 0 Å². The second kappa shape index (κ2) is 12.4. The van der Waals surface area contributed by atoms with Gasteiger partial charge in [-0.15, -0.1) is 0 Å². The summed E-state index contributed by atoms with van der Waals surface area (Å²) in [6.45, 7) is 5.63. The third kappa shape index (κ3) is 5.68. The van der Waals surface area contributed by atoms with Gasteiger partial charge in [0.05, 0.1) is 21.9 Å². The summed E-state index contributed by atoms with van der Waals surface area (Å²) in [5.74, 6) is -0.986. The van der Waals surface area contributed by atoms with E-state index in [0.717, 1.165) is 38.6 Å². The van der Waals surface area contributed by atoms with Crippen molar-refractivity contribution in [1.82, 2.24) is 8.61 Å². The first-order chi connectivity index (χ1) is 22.9. The highest BCUT2D eigenvalue weighted by Gasteiger charge is 2.54. The average Bonchev–Trinajstić information content (AvgIpc) is 3.08. The normalized spacial score (nSPS) is 22.4. The van der Waals surface area contributed by atoms with E-state index in [0.29, 0.717) is 0 Å². The fraction of sp³-hybridized carbons (Fsp3) is 0.256. The number of fused-ring (bicyclic) bond motifs is 2. The maximum absolute atomic E-state index is 14.8. The Labute approximate surface area is 282 Å². The van der Waals surface area contributed by atoms with E-state index >= 15 is 0 Å². The summed E-state index contributed by atoms with van der Waals surface area (Å²) in [6.07, 6.45) is 0.0651. The van der Waals surface area contributed by atoms with Crippen LogP contribution in [0.15, 0.2) is 125 Å². The molecule has 2 aliphatic rings. The summed E-state index contributed by atoms with van der Waals surface area (Å²) >= 11 is 0. The molecule has 0 aliphatic carbocycles. The average molecular weight is 679 g/mol. The van der Waals surface area contributed by atoms with Crippen molar-refractivity contribution >= 4 is 36.6 Å². The van der Waals surface area contributed by atoms with Gasteiger partial charge in [0.15, 0.2) is 0 Å². The van der Waals surface area contributed by atoms with Crippen molar-refractivity contribution in [2.24, 2.45) is 5.92 Å². The van der Waals surface area contributed by atoms with Crippen molar-refractivity contribution in [3.05, 3.63) is 143 Å². The summed E-state index contributed by atoms with van der Waals surface area (Å²) in [6, 6.07) is 32.5. The topological polar surface area (TPSA) is 91.8 Å². The fourth-order valence-corrected chi connectivity index (χ4v) is 10.9. The van der Waals surface area contributed by atoms with E-state index in [2.05, 4.69) is 0 Å². The van der Waals surface area contributed by atoms with Gasteiger partial charge in [0.25, 0.3) is 0 Å². The Hall–Kier alpha value is -4.15. The minimum atomic E-state index is -4.12. The Kier molecular flexibility index (Phi) is 8.36. The van der Waals surface area contributed by atoms with E-state index < -0.39 is 44.1 Å². The summed E-state index contributed by atoms with van der Waals surface area (Å²) in [4.78, 5) is 14.5. The standard InChI is InChI=1S/C39H38N2O5S2/c1-26-11-17-30(18-12-26)36-24-39(42)35-25-40(47(43,44)31-19-13-27(2)14-20-31)37(34-10-6-8-29-7-4-5-9-33(29)34)23-38(35)41(36)48(45,46)32-21-15-28(3)16-22-32/h4-22,35-38H,23-25H2,1-3H3/t35-,36+,37+,38+/m1/s1. The van der Waals surface area contributed by atoms with Gasteiger partial charge in [-0.25, -0.2) is 16.8 Å². The zero-order valence-corrected chi connectivity index (χ0v) is 28.8. The van der Waals surface area contributed by atoms with Gasteiger partial charge in [0.1, 0.15) is 5.78 Å². The Morgan fingerprint density at radius 2 is 1.15 bits per heavy atom. The molecule has 2 aliphatic heterocycles. The van der Waals surface area contributed by atoms with Crippen molar-refractivity contribution in [2.45, 2.75) is 61.5 Å². The predicted octanol–water partition coefficient (Wildman–Crippen LogP) is 7.29. The van der Waals surface area contributed by atoms with Crippen LogP contribution in [0.4, 0.5) is 0 Å². The highest BCUT2D eigenvalue weighted by molar-refractivity contribution is 7.89. The number of carbonyl (C=O) groups excluding carboxylic acids is 1. The zero-order chi connectivity index (χ0) is 33.8. The highest BCUT2D eigenvalue weighted by Crippen LogP contribution is 2.49. The van der Waals surface area contributed by atoms with Gasteiger partial charge in [0, 0.05) is 24.9 Å². The predicted molar refractivity (Wildman–Crippen MR) is 187 cm³/mol. The molecule has 0 amide bonds. The Bertz CT molecular complexity index is 2210. The molecule has 0 spiro atoms. The third-order valence-electron chi connectivity index (χ3n) is 9.96. The van der Waals surface area contributed by atoms with Crippen molar-refractivity contribution < 1.29 is 21.6 Å². The van der Waals surface area contributed by atoms with Crippen LogP contribution in [-0.4, -0.2) is 43.8 Å². The van der Waals surface area contributed by atoms with Gasteiger partial charge in [-0.3, -0.25) is 4.79 Å². The second-order valence-electron chi connectivity index (χ2n) is 13.1. The number of hydrogen-bond donors (Lipinski definition) is 0. The number of benzene rings is 5.